The number of hydrogen-bond donors (Lipinski definition) is 7. The predicted molar refractivity (Wildman–Crippen MR) is 246 cm³/mol. The summed E-state index contributed by atoms with van der Waals surface area (Å²) in [5.41, 5.74) is -5.72. The highest BCUT2D eigenvalue weighted by molar-refractivity contribution is 5.87. The molecular formula is C55H77NO9. The Morgan fingerprint density at radius 2 is 1.77 bits per heavy atom. The lowest BCUT2D eigenvalue weighted by Gasteiger charge is -2.73. The number of hydrogen-bond acceptors (Lipinski definition) is 10. The first-order chi connectivity index (χ1) is 31.3. The Labute approximate surface area is 386 Å². The first-order valence-electron chi connectivity index (χ1n) is 26.0. The molecule has 10 nitrogen and oxygen atoms in total. The van der Waals surface area contributed by atoms with Gasteiger partial charge < -0.3 is 45.5 Å². The van der Waals surface area contributed by atoms with E-state index in [1.165, 1.54) is 25.7 Å². The lowest BCUT2D eigenvalue weighted by molar-refractivity contribution is -0.352. The van der Waals surface area contributed by atoms with Gasteiger partial charge in [-0.1, -0.05) is 82.8 Å². The fourth-order valence-electron chi connectivity index (χ4n) is 18.7. The highest BCUT2D eigenvalue weighted by Gasteiger charge is 2.86. The maximum atomic E-state index is 14.7. The van der Waals surface area contributed by atoms with Crippen LogP contribution in [0.2, 0.25) is 0 Å². The summed E-state index contributed by atoms with van der Waals surface area (Å²) in [6.07, 6.45) is 14.6. The number of ether oxygens (including phenoxy) is 1. The Bertz CT molecular complexity index is 2110. The average Bonchev–Trinajstić information content (AvgIpc) is 4.01. The van der Waals surface area contributed by atoms with Crippen molar-refractivity contribution in [1.82, 2.24) is 5.32 Å². The van der Waals surface area contributed by atoms with Crippen LogP contribution >= 0.6 is 0 Å². The quantitative estimate of drug-likeness (QED) is 0.0609. The summed E-state index contributed by atoms with van der Waals surface area (Å²) >= 11 is 0. The lowest BCUT2D eigenvalue weighted by Crippen LogP contribution is -2.82. The zero-order valence-corrected chi connectivity index (χ0v) is 39.3. The van der Waals surface area contributed by atoms with Crippen molar-refractivity contribution in [2.45, 2.75) is 184 Å². The Balaban J connectivity index is 1.16. The van der Waals surface area contributed by atoms with Crippen LogP contribution in [0.15, 0.2) is 29.8 Å². The molecule has 0 radical (unpaired) electrons. The molecule has 7 N–H and O–H groups in total. The van der Waals surface area contributed by atoms with E-state index in [0.29, 0.717) is 68.8 Å². The number of esters is 1. The Hall–Kier alpha value is -2.62. The first-order valence-corrected chi connectivity index (χ1v) is 26.0. The van der Waals surface area contributed by atoms with Crippen molar-refractivity contribution in [2.24, 2.45) is 69.5 Å². The largest absolute Gasteiger partial charge is 0.454 e. The van der Waals surface area contributed by atoms with Gasteiger partial charge in [-0.2, -0.15) is 0 Å². The fourth-order valence-corrected chi connectivity index (χ4v) is 18.7. The number of likely N-dealkylation sites (N-methyl/N-ethyl adjacent to an activating group) is 1. The van der Waals surface area contributed by atoms with Crippen molar-refractivity contribution in [3.8, 4) is 11.8 Å². The van der Waals surface area contributed by atoms with Gasteiger partial charge in [-0.05, 0) is 142 Å². The molecule has 0 unspecified atom stereocenters. The minimum absolute atomic E-state index is 0.0946. The topological polar surface area (TPSA) is 177 Å². The van der Waals surface area contributed by atoms with Crippen LogP contribution in [0.5, 0.6) is 0 Å². The third kappa shape index (κ3) is 6.16. The molecule has 1 aliphatic heterocycles. The molecule has 65 heavy (non-hydrogen) atoms. The van der Waals surface area contributed by atoms with E-state index in [1.807, 2.05) is 25.2 Å². The van der Waals surface area contributed by atoms with Gasteiger partial charge in [0, 0.05) is 52.7 Å². The summed E-state index contributed by atoms with van der Waals surface area (Å²) in [7, 11) is 1.90. The molecule has 0 amide bonds. The Morgan fingerprint density at radius 3 is 2.49 bits per heavy atom. The van der Waals surface area contributed by atoms with Crippen LogP contribution < -0.4 is 5.32 Å². The molecule has 356 valence electrons. The van der Waals surface area contributed by atoms with E-state index < -0.39 is 69.0 Å². The summed E-state index contributed by atoms with van der Waals surface area (Å²) in [5.74, 6) is 4.91. The molecule has 7 fully saturated rings. The maximum absolute atomic E-state index is 14.7. The van der Waals surface area contributed by atoms with Crippen LogP contribution in [0.3, 0.4) is 0 Å². The minimum Gasteiger partial charge on any atom is -0.454 e. The zero-order chi connectivity index (χ0) is 45.7. The van der Waals surface area contributed by atoms with Crippen LogP contribution in [-0.4, -0.2) is 91.6 Å². The van der Waals surface area contributed by atoms with Crippen molar-refractivity contribution < 1.29 is 45.0 Å². The number of aldehydes is 1. The molecule has 1 aromatic rings. The highest BCUT2D eigenvalue weighted by Crippen LogP contribution is 2.81. The third-order valence-electron chi connectivity index (χ3n) is 21.5. The van der Waals surface area contributed by atoms with E-state index in [4.69, 9.17) is 4.74 Å². The fraction of sp³-hybridized carbons (Fsp3) is 0.782. The second-order valence-electron chi connectivity index (χ2n) is 23.3. The van der Waals surface area contributed by atoms with Crippen LogP contribution in [0.1, 0.15) is 153 Å². The molecule has 1 aromatic carbocycles. The summed E-state index contributed by atoms with van der Waals surface area (Å²) in [6.45, 7) is 4.04. The van der Waals surface area contributed by atoms with Gasteiger partial charge in [-0.15, -0.1) is 0 Å². The Kier molecular flexibility index (Phi) is 11.9. The van der Waals surface area contributed by atoms with Gasteiger partial charge in [0.2, 0.25) is 0 Å². The van der Waals surface area contributed by atoms with Crippen LogP contribution in [0.25, 0.3) is 0 Å². The van der Waals surface area contributed by atoms with E-state index >= 15 is 0 Å². The van der Waals surface area contributed by atoms with Gasteiger partial charge in [-0.3, -0.25) is 0 Å². The van der Waals surface area contributed by atoms with Crippen molar-refractivity contribution in [2.75, 3.05) is 13.7 Å². The lowest BCUT2D eigenvalue weighted by atomic mass is 9.34. The molecule has 0 aromatic heterocycles. The van der Waals surface area contributed by atoms with Crippen molar-refractivity contribution in [1.29, 1.82) is 0 Å². The highest BCUT2D eigenvalue weighted by atomic mass is 16.5. The number of carbonyl (C=O) groups is 2. The van der Waals surface area contributed by atoms with E-state index in [0.717, 1.165) is 55.1 Å². The number of fused-ring (bicyclic) bond motifs is 7. The van der Waals surface area contributed by atoms with Gasteiger partial charge >= 0.3 is 5.97 Å². The smallest absolute Gasteiger partial charge is 0.331 e. The number of rotatable bonds is 10. The van der Waals surface area contributed by atoms with Crippen molar-refractivity contribution >= 4 is 12.3 Å². The monoisotopic (exact) mass is 896 g/mol. The zero-order valence-electron chi connectivity index (χ0n) is 39.3. The molecule has 4 bridgehead atoms. The molecule has 0 saturated heterocycles. The van der Waals surface area contributed by atoms with Crippen molar-refractivity contribution in [3.05, 3.63) is 46.5 Å². The minimum atomic E-state index is -1.85. The second kappa shape index (κ2) is 16.8. The summed E-state index contributed by atoms with van der Waals surface area (Å²) < 4.78 is 6.32. The SMILES string of the molecule is CCCCC[C@@H]1C[C@]2(C=O)[C@H]3CC[C@@]45CCC#Cc6cccc(CO)c6C[C@@H](NC)[C@H]6C[C@H](C[C@]4(O)[C@]3(O)C[C@@H]3C[C@@H]([C@@H](C)C4CCCC4)CC[C@H]([C@H]1O)[C@@]32O)[C@]5(CO)C1=CC(=O)O[C@@H]16. The van der Waals surface area contributed by atoms with Crippen LogP contribution in [0.4, 0.5) is 0 Å². The second-order valence-corrected chi connectivity index (χ2v) is 23.3. The number of aliphatic hydroxyl groups excluding tert-OH is 3. The molecule has 10 rings (SSSR count). The van der Waals surface area contributed by atoms with E-state index in [-0.39, 0.29) is 62.2 Å². The first kappa shape index (κ1) is 46.1. The number of benzene rings is 1. The normalized spacial score (nSPS) is 46.8. The molecule has 8 aliphatic carbocycles. The standard InChI is InChI=1S/C55H77NO9/c1-4-5-6-15-37-27-50(31-58)46-20-22-51-21-10-9-14-35-16-11-17-38(30-57)41(35)25-45(56-3)42-24-39(52(51,32-59)44-26-47(60)65-49(42)44)29-54(51,63)53(46,62)28-40-23-36(33(2)34-12-7-8-13-34)18-19-43(48(37)61)55(40,50)64/h11,16-17,26,31,33-34,36-37,39-40,42-43,45-46,48-49,56-57,59,61-64H,4-8,10,12-13,15,18-25,27-30,32H2,1-3H3/t33-,36-,37+,39+,40-,42+,43+,45+,46+,48-,49+,50-,51+,52+,53-,54+,55-/m0/s1. The van der Waals surface area contributed by atoms with Gasteiger partial charge in [-0.25, -0.2) is 4.79 Å². The molecule has 10 heteroatoms. The summed E-state index contributed by atoms with van der Waals surface area (Å²) in [4.78, 5) is 28.4. The predicted octanol–water partition coefficient (Wildman–Crippen LogP) is 6.32. The number of nitrogens with one attached hydrogen (secondary N) is 1. The van der Waals surface area contributed by atoms with E-state index in [1.54, 1.807) is 6.08 Å². The van der Waals surface area contributed by atoms with Gasteiger partial charge in [0.15, 0.2) is 0 Å². The van der Waals surface area contributed by atoms with Gasteiger partial charge in [0.1, 0.15) is 18.0 Å². The van der Waals surface area contributed by atoms with E-state index in [2.05, 4.69) is 31.0 Å². The summed E-state index contributed by atoms with van der Waals surface area (Å²) in [5, 5.41) is 81.8. The number of carbonyl (C=O) groups excluding carboxylic acids is 2. The Morgan fingerprint density at radius 1 is 0.969 bits per heavy atom. The third-order valence-corrected chi connectivity index (χ3v) is 21.5. The number of unbranched alkanes of at least 4 members (excludes halogenated alkanes) is 2. The molecule has 1 heterocycles. The van der Waals surface area contributed by atoms with Crippen molar-refractivity contribution in [3.63, 3.8) is 0 Å². The molecule has 1 spiro atoms. The molecule has 9 aliphatic rings. The number of aliphatic hydroxyl groups is 6. The molecule has 7 saturated carbocycles. The van der Waals surface area contributed by atoms with E-state index in [9.17, 15) is 40.2 Å². The van der Waals surface area contributed by atoms with Crippen LogP contribution in [0, 0.1) is 81.3 Å². The van der Waals surface area contributed by atoms with Gasteiger partial charge in [0.05, 0.1) is 35.9 Å². The van der Waals surface area contributed by atoms with Gasteiger partial charge in [0.25, 0.3) is 0 Å². The maximum Gasteiger partial charge on any atom is 0.331 e. The van der Waals surface area contributed by atoms with Crippen LogP contribution in [-0.2, 0) is 27.4 Å². The molecule has 17 atom stereocenters. The molecular weight excluding hydrogens is 819 g/mol. The average molecular weight is 896 g/mol. The summed E-state index contributed by atoms with van der Waals surface area (Å²) in [6, 6.07) is 5.59.